The number of hydrogen-bond acceptors (Lipinski definition) is 4. The van der Waals surface area contributed by atoms with Gasteiger partial charge >= 0.3 is 0 Å². The van der Waals surface area contributed by atoms with Crippen molar-refractivity contribution >= 4 is 11.6 Å². The van der Waals surface area contributed by atoms with Gasteiger partial charge in [-0.3, -0.25) is 4.79 Å². The smallest absolute Gasteiger partial charge is 0.269 e. The summed E-state index contributed by atoms with van der Waals surface area (Å²) in [5.74, 6) is -1.91. The zero-order valence-corrected chi connectivity index (χ0v) is 6.87. The van der Waals surface area contributed by atoms with Crippen molar-refractivity contribution in [3.63, 3.8) is 0 Å². The molecule has 0 bridgehead atoms. The van der Waals surface area contributed by atoms with Crippen molar-refractivity contribution in [1.82, 2.24) is 4.98 Å². The van der Waals surface area contributed by atoms with Crippen molar-refractivity contribution in [2.75, 3.05) is 12.8 Å². The van der Waals surface area contributed by atoms with E-state index in [1.54, 1.807) is 0 Å². The van der Waals surface area contributed by atoms with Gasteiger partial charge in [0.05, 0.1) is 12.8 Å². The van der Waals surface area contributed by atoms with Crippen LogP contribution in [-0.2, 0) is 0 Å². The number of nitrogens with zero attached hydrogens (tertiary/aromatic N) is 1. The molecule has 0 atom stereocenters. The van der Waals surface area contributed by atoms with E-state index >= 15 is 0 Å². The summed E-state index contributed by atoms with van der Waals surface area (Å²) in [6, 6.07) is 1.16. The van der Waals surface area contributed by atoms with Crippen LogP contribution in [-0.4, -0.2) is 18.0 Å². The maximum Gasteiger partial charge on any atom is 0.269 e. The Morgan fingerprint density at radius 1 is 1.69 bits per heavy atom. The lowest BCUT2D eigenvalue weighted by Crippen LogP contribution is -2.16. The van der Waals surface area contributed by atoms with Crippen LogP contribution in [0, 0.1) is 5.95 Å². The van der Waals surface area contributed by atoms with E-state index in [-0.39, 0.29) is 17.1 Å². The van der Waals surface area contributed by atoms with Crippen LogP contribution in [0.1, 0.15) is 10.5 Å². The van der Waals surface area contributed by atoms with Crippen LogP contribution in [0.15, 0.2) is 6.07 Å². The maximum atomic E-state index is 12.9. The summed E-state index contributed by atoms with van der Waals surface area (Å²) in [5.41, 5.74) is 9.94. The standard InChI is InChI=1S/C7H8FN3O2/c1-13-4-2-3(9)5(7(10)12)11-6(4)8/h2H,9H2,1H3,(H2,10,12). The second-order valence-electron chi connectivity index (χ2n) is 2.28. The van der Waals surface area contributed by atoms with Crippen molar-refractivity contribution in [2.24, 2.45) is 5.73 Å². The third-order valence-electron chi connectivity index (χ3n) is 1.43. The molecule has 1 rings (SSSR count). The molecule has 0 aromatic carbocycles. The average molecular weight is 185 g/mol. The zero-order chi connectivity index (χ0) is 10.0. The summed E-state index contributed by atoms with van der Waals surface area (Å²) in [7, 11) is 1.27. The molecule has 6 heteroatoms. The number of nitrogen functional groups attached to an aromatic ring is 1. The number of anilines is 1. The minimum absolute atomic E-state index is 0.00856. The van der Waals surface area contributed by atoms with Crippen molar-refractivity contribution in [3.8, 4) is 5.75 Å². The summed E-state index contributed by atoms with van der Waals surface area (Å²) >= 11 is 0. The van der Waals surface area contributed by atoms with Crippen molar-refractivity contribution in [2.45, 2.75) is 0 Å². The molecule has 0 saturated heterocycles. The van der Waals surface area contributed by atoms with Gasteiger partial charge in [0, 0.05) is 6.07 Å². The molecule has 0 aliphatic rings. The Balaban J connectivity index is 3.28. The monoisotopic (exact) mass is 185 g/mol. The summed E-state index contributed by atoms with van der Waals surface area (Å²) in [4.78, 5) is 13.9. The lowest BCUT2D eigenvalue weighted by Gasteiger charge is -2.04. The van der Waals surface area contributed by atoms with Gasteiger partial charge in [0.25, 0.3) is 11.9 Å². The molecule has 4 N–H and O–H groups in total. The highest BCUT2D eigenvalue weighted by molar-refractivity contribution is 5.95. The molecule has 0 aliphatic carbocycles. The molecule has 0 aliphatic heterocycles. The van der Waals surface area contributed by atoms with Crippen LogP contribution in [0.5, 0.6) is 5.75 Å². The number of halogens is 1. The van der Waals surface area contributed by atoms with Gasteiger partial charge < -0.3 is 16.2 Å². The zero-order valence-electron chi connectivity index (χ0n) is 6.87. The molecule has 0 saturated carbocycles. The summed E-state index contributed by atoms with van der Waals surface area (Å²) in [6.07, 6.45) is 0. The number of ether oxygens (including phenoxy) is 1. The number of rotatable bonds is 2. The van der Waals surface area contributed by atoms with Crippen LogP contribution >= 0.6 is 0 Å². The van der Waals surface area contributed by atoms with Crippen LogP contribution in [0.4, 0.5) is 10.1 Å². The highest BCUT2D eigenvalue weighted by Gasteiger charge is 2.13. The number of hydrogen-bond donors (Lipinski definition) is 2. The first-order valence-corrected chi connectivity index (χ1v) is 3.36. The minimum Gasteiger partial charge on any atom is -0.492 e. The van der Waals surface area contributed by atoms with Gasteiger partial charge in [-0.25, -0.2) is 4.98 Å². The van der Waals surface area contributed by atoms with Gasteiger partial charge in [-0.1, -0.05) is 0 Å². The Morgan fingerprint density at radius 2 is 2.31 bits per heavy atom. The second-order valence-corrected chi connectivity index (χ2v) is 2.28. The summed E-state index contributed by atoms with van der Waals surface area (Å²) in [5, 5.41) is 0. The van der Waals surface area contributed by atoms with Gasteiger partial charge in [0.15, 0.2) is 11.4 Å². The molecule has 13 heavy (non-hydrogen) atoms. The summed E-state index contributed by atoms with van der Waals surface area (Å²) < 4.78 is 17.5. The number of methoxy groups -OCH3 is 1. The fourth-order valence-corrected chi connectivity index (χ4v) is 0.827. The van der Waals surface area contributed by atoms with Crippen LogP contribution < -0.4 is 16.2 Å². The molecular formula is C7H8FN3O2. The fourth-order valence-electron chi connectivity index (χ4n) is 0.827. The Hall–Kier alpha value is -1.85. The third kappa shape index (κ3) is 1.66. The molecule has 0 fully saturated rings. The first-order valence-electron chi connectivity index (χ1n) is 3.36. The van der Waals surface area contributed by atoms with Crippen molar-refractivity contribution < 1.29 is 13.9 Å². The number of carbonyl (C=O) groups excluding carboxylic acids is 1. The molecule has 1 heterocycles. The molecule has 1 amide bonds. The topological polar surface area (TPSA) is 91.2 Å². The van der Waals surface area contributed by atoms with Gasteiger partial charge in [0.1, 0.15) is 0 Å². The maximum absolute atomic E-state index is 12.9. The lowest BCUT2D eigenvalue weighted by atomic mass is 10.3. The predicted octanol–water partition coefficient (Wildman–Crippen LogP) is -0.0896. The number of aromatic nitrogens is 1. The molecule has 0 radical (unpaired) electrons. The molecule has 5 nitrogen and oxygen atoms in total. The SMILES string of the molecule is COc1cc(N)c(C(N)=O)nc1F. The molecular weight excluding hydrogens is 177 g/mol. The second kappa shape index (κ2) is 3.26. The summed E-state index contributed by atoms with van der Waals surface area (Å²) in [6.45, 7) is 0. The number of amides is 1. The van der Waals surface area contributed by atoms with E-state index in [2.05, 4.69) is 9.72 Å². The number of carbonyl (C=O) groups is 1. The quantitative estimate of drug-likeness (QED) is 0.630. The van der Waals surface area contributed by atoms with E-state index < -0.39 is 11.9 Å². The average Bonchev–Trinajstić information content (AvgIpc) is 2.07. The Kier molecular flexibility index (Phi) is 2.32. The fraction of sp³-hybridized carbons (Fsp3) is 0.143. The third-order valence-corrected chi connectivity index (χ3v) is 1.43. The molecule has 1 aromatic rings. The van der Waals surface area contributed by atoms with Crippen molar-refractivity contribution in [1.29, 1.82) is 0 Å². The Labute approximate surface area is 73.5 Å². The molecule has 0 spiro atoms. The van der Waals surface area contributed by atoms with Gasteiger partial charge in [-0.05, 0) is 0 Å². The normalized spacial score (nSPS) is 9.69. The predicted molar refractivity (Wildman–Crippen MR) is 43.7 cm³/mol. The van der Waals surface area contributed by atoms with E-state index in [1.165, 1.54) is 7.11 Å². The van der Waals surface area contributed by atoms with E-state index in [1.807, 2.05) is 0 Å². The first-order chi connectivity index (χ1) is 6.06. The van der Waals surface area contributed by atoms with Gasteiger partial charge in [-0.15, -0.1) is 0 Å². The van der Waals surface area contributed by atoms with Crippen LogP contribution in [0.2, 0.25) is 0 Å². The minimum atomic E-state index is -0.912. The highest BCUT2D eigenvalue weighted by atomic mass is 19.1. The molecule has 1 aromatic heterocycles. The van der Waals surface area contributed by atoms with E-state index in [0.29, 0.717) is 0 Å². The van der Waals surface area contributed by atoms with E-state index in [4.69, 9.17) is 11.5 Å². The van der Waals surface area contributed by atoms with Crippen molar-refractivity contribution in [3.05, 3.63) is 17.7 Å². The lowest BCUT2D eigenvalue weighted by molar-refractivity contribution is 0.0995. The Morgan fingerprint density at radius 3 is 2.77 bits per heavy atom. The number of nitrogens with two attached hydrogens (primary N) is 2. The van der Waals surface area contributed by atoms with Crippen LogP contribution in [0.3, 0.4) is 0 Å². The van der Waals surface area contributed by atoms with Crippen LogP contribution in [0.25, 0.3) is 0 Å². The number of primary amides is 1. The molecule has 0 unspecified atom stereocenters. The Bertz CT molecular complexity index is 354. The highest BCUT2D eigenvalue weighted by Crippen LogP contribution is 2.20. The number of pyridine rings is 1. The molecule has 70 valence electrons. The van der Waals surface area contributed by atoms with Gasteiger partial charge in [-0.2, -0.15) is 4.39 Å². The first kappa shape index (κ1) is 9.24. The largest absolute Gasteiger partial charge is 0.492 e. The van der Waals surface area contributed by atoms with Gasteiger partial charge in [0.2, 0.25) is 0 Å². The van der Waals surface area contributed by atoms with E-state index in [0.717, 1.165) is 6.07 Å². The van der Waals surface area contributed by atoms with E-state index in [9.17, 15) is 9.18 Å².